The normalized spacial score (nSPS) is 10.7. The van der Waals surface area contributed by atoms with Crippen molar-refractivity contribution in [1.82, 2.24) is 4.90 Å². The lowest BCUT2D eigenvalue weighted by atomic mass is 10.1. The Balaban J connectivity index is 2.27. The lowest BCUT2D eigenvalue weighted by Crippen LogP contribution is -2.26. The summed E-state index contributed by atoms with van der Waals surface area (Å²) in [6.45, 7) is 2.41. The van der Waals surface area contributed by atoms with Crippen LogP contribution in [0.5, 0.6) is 17.2 Å². The van der Waals surface area contributed by atoms with E-state index in [4.69, 9.17) is 14.2 Å². The molecule has 0 spiro atoms. The van der Waals surface area contributed by atoms with Crippen LogP contribution in [-0.2, 0) is 6.54 Å². The maximum absolute atomic E-state index is 12.9. The van der Waals surface area contributed by atoms with E-state index in [1.54, 1.807) is 39.3 Å². The minimum atomic E-state index is -0.0903. The van der Waals surface area contributed by atoms with Crippen molar-refractivity contribution in [1.29, 1.82) is 0 Å². The third-order valence-corrected chi connectivity index (χ3v) is 4.03. The van der Waals surface area contributed by atoms with Crippen LogP contribution >= 0.6 is 0 Å². The second kappa shape index (κ2) is 8.94. The van der Waals surface area contributed by atoms with Crippen LogP contribution in [0.4, 0.5) is 0 Å². The van der Waals surface area contributed by atoms with Gasteiger partial charge in [-0.3, -0.25) is 4.79 Å². The summed E-state index contributed by atoms with van der Waals surface area (Å²) in [5, 5.41) is 0. The number of carbonyl (C=O) groups excluding carboxylic acids is 1. The number of benzene rings is 2. The van der Waals surface area contributed by atoms with Crippen LogP contribution in [0.15, 0.2) is 42.5 Å². The molecule has 5 heteroatoms. The summed E-state index contributed by atoms with van der Waals surface area (Å²) in [6.07, 6.45) is 3.79. The molecule has 2 rings (SSSR count). The summed E-state index contributed by atoms with van der Waals surface area (Å²) in [6, 6.07) is 11.2. The van der Waals surface area contributed by atoms with Gasteiger partial charge < -0.3 is 19.1 Å². The van der Waals surface area contributed by atoms with Gasteiger partial charge in [0.05, 0.1) is 21.3 Å². The fourth-order valence-electron chi connectivity index (χ4n) is 2.72. The van der Waals surface area contributed by atoms with E-state index in [1.165, 1.54) is 0 Å². The highest BCUT2D eigenvalue weighted by atomic mass is 16.5. The van der Waals surface area contributed by atoms with Gasteiger partial charge in [0.1, 0.15) is 5.75 Å². The Bertz CT molecular complexity index is 781. The number of allylic oxidation sites excluding steroid dienone is 1. The van der Waals surface area contributed by atoms with E-state index in [-0.39, 0.29) is 5.91 Å². The molecule has 0 aliphatic carbocycles. The van der Waals surface area contributed by atoms with E-state index < -0.39 is 0 Å². The Morgan fingerprint density at radius 1 is 1.04 bits per heavy atom. The monoisotopic (exact) mass is 355 g/mol. The first-order valence-electron chi connectivity index (χ1n) is 8.31. The smallest absolute Gasteiger partial charge is 0.254 e. The molecular weight excluding hydrogens is 330 g/mol. The highest BCUT2D eigenvalue weighted by Gasteiger charge is 2.18. The standard InChI is InChI=1S/C21H25NO4/c1-6-7-16-12-17(13-19(25-4)20(16)26-5)21(23)22(2)14-15-8-10-18(24-3)11-9-15/h6-13H,14H2,1-5H3/b7-6+. The van der Waals surface area contributed by atoms with Gasteiger partial charge in [0.15, 0.2) is 11.5 Å². The third kappa shape index (κ3) is 4.36. The number of ether oxygens (including phenoxy) is 3. The van der Waals surface area contributed by atoms with Crippen molar-refractivity contribution in [2.45, 2.75) is 13.5 Å². The number of carbonyl (C=O) groups is 1. The number of hydrogen-bond acceptors (Lipinski definition) is 4. The number of methoxy groups -OCH3 is 3. The second-order valence-corrected chi connectivity index (χ2v) is 5.81. The molecule has 0 radical (unpaired) electrons. The third-order valence-electron chi connectivity index (χ3n) is 4.03. The van der Waals surface area contributed by atoms with Crippen molar-refractivity contribution < 1.29 is 19.0 Å². The summed E-state index contributed by atoms with van der Waals surface area (Å²) in [5.41, 5.74) is 2.37. The van der Waals surface area contributed by atoms with E-state index in [2.05, 4.69) is 0 Å². The van der Waals surface area contributed by atoms with Crippen LogP contribution in [0.25, 0.3) is 6.08 Å². The molecule has 0 bridgehead atoms. The molecule has 0 unspecified atom stereocenters. The van der Waals surface area contributed by atoms with Crippen molar-refractivity contribution in [3.8, 4) is 17.2 Å². The van der Waals surface area contributed by atoms with Gasteiger partial charge in [-0.2, -0.15) is 0 Å². The van der Waals surface area contributed by atoms with Crippen LogP contribution in [0.1, 0.15) is 28.4 Å². The van der Waals surface area contributed by atoms with Crippen LogP contribution < -0.4 is 14.2 Å². The summed E-state index contributed by atoms with van der Waals surface area (Å²) in [7, 11) is 6.55. The van der Waals surface area contributed by atoms with Crippen LogP contribution in [0.3, 0.4) is 0 Å². The van der Waals surface area contributed by atoms with Gasteiger partial charge in [-0.25, -0.2) is 0 Å². The molecule has 1 amide bonds. The SMILES string of the molecule is C/C=C/c1cc(C(=O)N(C)Cc2ccc(OC)cc2)cc(OC)c1OC. The van der Waals surface area contributed by atoms with Gasteiger partial charge in [0, 0.05) is 24.7 Å². The minimum absolute atomic E-state index is 0.0903. The molecule has 0 saturated carbocycles. The van der Waals surface area contributed by atoms with E-state index in [0.717, 1.165) is 16.9 Å². The number of hydrogen-bond donors (Lipinski definition) is 0. The minimum Gasteiger partial charge on any atom is -0.497 e. The summed E-state index contributed by atoms with van der Waals surface area (Å²) >= 11 is 0. The number of nitrogens with zero attached hydrogens (tertiary/aromatic N) is 1. The molecule has 2 aromatic carbocycles. The zero-order valence-electron chi connectivity index (χ0n) is 15.9. The van der Waals surface area contributed by atoms with Crippen molar-refractivity contribution in [2.75, 3.05) is 28.4 Å². The molecule has 0 fully saturated rings. The highest BCUT2D eigenvalue weighted by molar-refractivity contribution is 5.95. The van der Waals surface area contributed by atoms with Crippen LogP contribution in [0, 0.1) is 0 Å². The molecule has 2 aromatic rings. The Morgan fingerprint density at radius 3 is 2.27 bits per heavy atom. The second-order valence-electron chi connectivity index (χ2n) is 5.81. The first-order valence-corrected chi connectivity index (χ1v) is 8.31. The van der Waals surface area contributed by atoms with E-state index >= 15 is 0 Å². The van der Waals surface area contributed by atoms with Gasteiger partial charge >= 0.3 is 0 Å². The Kier molecular flexibility index (Phi) is 6.67. The van der Waals surface area contributed by atoms with E-state index in [0.29, 0.717) is 23.6 Å². The molecule has 0 aliphatic rings. The van der Waals surface area contributed by atoms with Gasteiger partial charge in [0.25, 0.3) is 5.91 Å². The van der Waals surface area contributed by atoms with Gasteiger partial charge in [-0.05, 0) is 36.8 Å². The molecule has 0 saturated heterocycles. The Labute approximate surface area is 154 Å². The zero-order chi connectivity index (χ0) is 19.1. The van der Waals surface area contributed by atoms with E-state index in [9.17, 15) is 4.79 Å². The quantitative estimate of drug-likeness (QED) is 0.753. The molecule has 0 atom stereocenters. The summed E-state index contributed by atoms with van der Waals surface area (Å²) < 4.78 is 16.0. The summed E-state index contributed by atoms with van der Waals surface area (Å²) in [5.74, 6) is 1.84. The lowest BCUT2D eigenvalue weighted by molar-refractivity contribution is 0.0784. The number of amides is 1. The predicted molar refractivity (Wildman–Crippen MR) is 103 cm³/mol. The molecule has 0 N–H and O–H groups in total. The molecule has 138 valence electrons. The fraction of sp³-hybridized carbons (Fsp3) is 0.286. The van der Waals surface area contributed by atoms with Crippen LogP contribution in [-0.4, -0.2) is 39.2 Å². The fourth-order valence-corrected chi connectivity index (χ4v) is 2.72. The zero-order valence-corrected chi connectivity index (χ0v) is 15.9. The first-order chi connectivity index (χ1) is 12.5. The molecular formula is C21H25NO4. The number of rotatable bonds is 7. The van der Waals surface area contributed by atoms with Crippen molar-refractivity contribution in [2.24, 2.45) is 0 Å². The average molecular weight is 355 g/mol. The molecule has 5 nitrogen and oxygen atoms in total. The molecule has 0 aromatic heterocycles. The molecule has 0 aliphatic heterocycles. The first kappa shape index (κ1) is 19.4. The Morgan fingerprint density at radius 2 is 1.73 bits per heavy atom. The maximum atomic E-state index is 12.9. The predicted octanol–water partition coefficient (Wildman–Crippen LogP) is 4.02. The lowest BCUT2D eigenvalue weighted by Gasteiger charge is -2.19. The van der Waals surface area contributed by atoms with Crippen molar-refractivity contribution >= 4 is 12.0 Å². The van der Waals surface area contributed by atoms with Crippen LogP contribution in [0.2, 0.25) is 0 Å². The van der Waals surface area contributed by atoms with E-state index in [1.807, 2.05) is 49.4 Å². The topological polar surface area (TPSA) is 48.0 Å². The van der Waals surface area contributed by atoms with Gasteiger partial charge in [-0.15, -0.1) is 0 Å². The van der Waals surface area contributed by atoms with Gasteiger partial charge in [0.2, 0.25) is 0 Å². The van der Waals surface area contributed by atoms with Gasteiger partial charge in [-0.1, -0.05) is 24.3 Å². The highest BCUT2D eigenvalue weighted by Crippen LogP contribution is 2.34. The summed E-state index contributed by atoms with van der Waals surface area (Å²) in [4.78, 5) is 14.5. The van der Waals surface area contributed by atoms with Crippen molar-refractivity contribution in [3.05, 3.63) is 59.2 Å². The average Bonchev–Trinajstić information content (AvgIpc) is 2.67. The Hall–Kier alpha value is -2.95. The van der Waals surface area contributed by atoms with Crippen molar-refractivity contribution in [3.63, 3.8) is 0 Å². The molecule has 0 heterocycles. The largest absolute Gasteiger partial charge is 0.497 e. The molecule has 26 heavy (non-hydrogen) atoms. The maximum Gasteiger partial charge on any atom is 0.254 e.